The maximum atomic E-state index is 12.1. The molecule has 0 fully saturated rings. The molecule has 0 atom stereocenters. The molecule has 2 aromatic heterocycles. The molecule has 0 saturated heterocycles. The molecule has 0 aliphatic heterocycles. The second-order valence-corrected chi connectivity index (χ2v) is 7.07. The quantitative estimate of drug-likeness (QED) is 0.879. The van der Waals surface area contributed by atoms with Gasteiger partial charge in [-0.3, -0.25) is 14.9 Å². The van der Waals surface area contributed by atoms with Crippen LogP contribution in [0.15, 0.2) is 28.9 Å². The van der Waals surface area contributed by atoms with E-state index in [9.17, 15) is 9.59 Å². The van der Waals surface area contributed by atoms with Crippen molar-refractivity contribution in [2.24, 2.45) is 5.41 Å². The third kappa shape index (κ3) is 3.17. The Labute approximate surface area is 132 Å². The second-order valence-electron chi connectivity index (χ2n) is 6.07. The minimum absolute atomic E-state index is 0.0708. The van der Waals surface area contributed by atoms with E-state index < -0.39 is 0 Å². The highest BCUT2D eigenvalue weighted by atomic mass is 32.1. The molecule has 1 N–H and O–H groups in total. The lowest BCUT2D eigenvalue weighted by Crippen LogP contribution is -2.26. The van der Waals surface area contributed by atoms with Crippen LogP contribution in [-0.2, 0) is 11.2 Å². The molecular formula is C16H16N2O3S. The predicted molar refractivity (Wildman–Crippen MR) is 84.9 cm³/mol. The lowest BCUT2D eigenvalue weighted by Gasteiger charge is -2.26. The highest BCUT2D eigenvalue weighted by Gasteiger charge is 2.33. The summed E-state index contributed by atoms with van der Waals surface area (Å²) in [6.45, 7) is 4.11. The number of carbonyl (C=O) groups is 2. The van der Waals surface area contributed by atoms with Gasteiger partial charge in [0.1, 0.15) is 5.76 Å². The van der Waals surface area contributed by atoms with E-state index in [1.54, 1.807) is 24.5 Å². The molecule has 1 amide bonds. The van der Waals surface area contributed by atoms with E-state index in [1.165, 1.54) is 17.4 Å². The van der Waals surface area contributed by atoms with Crippen LogP contribution in [0.1, 0.15) is 41.4 Å². The Bertz CT molecular complexity index is 742. The number of hydrogen-bond donors (Lipinski definition) is 1. The normalized spacial score (nSPS) is 16.7. The average molecular weight is 316 g/mol. The van der Waals surface area contributed by atoms with Crippen molar-refractivity contribution in [2.75, 3.05) is 5.32 Å². The summed E-state index contributed by atoms with van der Waals surface area (Å²) >= 11 is 1.25. The second kappa shape index (κ2) is 5.53. The summed E-state index contributed by atoms with van der Waals surface area (Å²) in [6.07, 6.45) is 5.78. The van der Waals surface area contributed by atoms with E-state index in [4.69, 9.17) is 4.42 Å². The number of ketones is 1. The van der Waals surface area contributed by atoms with Crippen LogP contribution in [0, 0.1) is 5.41 Å². The van der Waals surface area contributed by atoms with E-state index in [2.05, 4.69) is 24.1 Å². The predicted octanol–water partition coefficient (Wildman–Crippen LogP) is 3.54. The van der Waals surface area contributed by atoms with Gasteiger partial charge in [-0.15, -0.1) is 0 Å². The fourth-order valence-corrected chi connectivity index (χ4v) is 3.39. The number of anilines is 1. The number of hydrogen-bond acceptors (Lipinski definition) is 5. The smallest absolute Gasteiger partial charge is 0.250 e. The topological polar surface area (TPSA) is 72.2 Å². The summed E-state index contributed by atoms with van der Waals surface area (Å²) in [5.74, 6) is 0.412. The van der Waals surface area contributed by atoms with E-state index in [0.29, 0.717) is 22.2 Å². The van der Waals surface area contributed by atoms with Crippen molar-refractivity contribution in [3.8, 4) is 0 Å². The van der Waals surface area contributed by atoms with Crippen molar-refractivity contribution in [3.05, 3.63) is 40.8 Å². The van der Waals surface area contributed by atoms with Gasteiger partial charge in [-0.05, 0) is 30.0 Å². The molecule has 6 heteroatoms. The van der Waals surface area contributed by atoms with E-state index in [0.717, 1.165) is 12.1 Å². The molecule has 0 unspecified atom stereocenters. The zero-order valence-corrected chi connectivity index (χ0v) is 13.2. The number of thiazole rings is 1. The van der Waals surface area contributed by atoms with Crippen LogP contribution in [0.3, 0.4) is 0 Å². The number of carbonyl (C=O) groups excluding carboxylic acids is 2. The van der Waals surface area contributed by atoms with Gasteiger partial charge in [-0.2, -0.15) is 0 Å². The summed E-state index contributed by atoms with van der Waals surface area (Å²) in [5.41, 5.74) is 0.718. The first kappa shape index (κ1) is 14.7. The van der Waals surface area contributed by atoms with Crippen LogP contribution in [0.25, 0.3) is 6.08 Å². The number of fused-ring (bicyclic) bond motifs is 1. The maximum Gasteiger partial charge on any atom is 0.250 e. The Hall–Kier alpha value is -2.21. The van der Waals surface area contributed by atoms with Crippen LogP contribution in [0.2, 0.25) is 0 Å². The minimum atomic E-state index is -0.297. The SMILES string of the molecule is CC1(C)CC(=O)c2sc(NC(=O)C=Cc3ccco3)nc2C1. The largest absolute Gasteiger partial charge is 0.465 e. The van der Waals surface area contributed by atoms with Crippen molar-refractivity contribution < 1.29 is 14.0 Å². The summed E-state index contributed by atoms with van der Waals surface area (Å²) in [5, 5.41) is 3.16. The van der Waals surface area contributed by atoms with Crippen LogP contribution in [0.4, 0.5) is 5.13 Å². The fourth-order valence-electron chi connectivity index (χ4n) is 2.46. The molecule has 22 heavy (non-hydrogen) atoms. The van der Waals surface area contributed by atoms with Crippen LogP contribution in [0.5, 0.6) is 0 Å². The van der Waals surface area contributed by atoms with Gasteiger partial charge in [0, 0.05) is 12.5 Å². The van der Waals surface area contributed by atoms with Crippen molar-refractivity contribution >= 4 is 34.2 Å². The lowest BCUT2D eigenvalue weighted by molar-refractivity contribution is -0.111. The number of amides is 1. The van der Waals surface area contributed by atoms with E-state index >= 15 is 0 Å². The van der Waals surface area contributed by atoms with Crippen LogP contribution >= 0.6 is 11.3 Å². The van der Waals surface area contributed by atoms with Gasteiger partial charge in [0.25, 0.3) is 0 Å². The number of aromatic nitrogens is 1. The van der Waals surface area contributed by atoms with Gasteiger partial charge >= 0.3 is 0 Å². The number of nitrogens with zero attached hydrogens (tertiary/aromatic N) is 1. The minimum Gasteiger partial charge on any atom is -0.465 e. The van der Waals surface area contributed by atoms with Crippen molar-refractivity contribution in [1.82, 2.24) is 4.98 Å². The first-order valence-corrected chi connectivity index (χ1v) is 7.80. The number of furan rings is 1. The zero-order valence-electron chi connectivity index (χ0n) is 12.4. The lowest BCUT2D eigenvalue weighted by atomic mass is 9.78. The van der Waals surface area contributed by atoms with Gasteiger partial charge in [0.2, 0.25) is 5.91 Å². The first-order valence-electron chi connectivity index (χ1n) is 6.98. The zero-order chi connectivity index (χ0) is 15.7. The summed E-state index contributed by atoms with van der Waals surface area (Å²) in [4.78, 5) is 29.0. The van der Waals surface area contributed by atoms with Gasteiger partial charge in [-0.25, -0.2) is 4.98 Å². The van der Waals surface area contributed by atoms with E-state index in [-0.39, 0.29) is 17.1 Å². The van der Waals surface area contributed by atoms with Crippen molar-refractivity contribution in [2.45, 2.75) is 26.7 Å². The standard InChI is InChI=1S/C16H16N2O3S/c1-16(2)8-11-14(12(19)9-16)22-15(17-11)18-13(20)6-5-10-4-3-7-21-10/h3-7H,8-9H2,1-2H3,(H,17,18,20). The molecule has 0 radical (unpaired) electrons. The van der Waals surface area contributed by atoms with Crippen molar-refractivity contribution in [1.29, 1.82) is 0 Å². The third-order valence-electron chi connectivity index (χ3n) is 3.41. The Morgan fingerprint density at radius 1 is 1.45 bits per heavy atom. The molecule has 114 valence electrons. The molecule has 3 rings (SSSR count). The highest BCUT2D eigenvalue weighted by Crippen LogP contribution is 2.38. The molecule has 1 aliphatic rings. The maximum absolute atomic E-state index is 12.1. The molecule has 0 saturated carbocycles. The Morgan fingerprint density at radius 2 is 2.27 bits per heavy atom. The Morgan fingerprint density at radius 3 is 3.00 bits per heavy atom. The average Bonchev–Trinajstić information content (AvgIpc) is 3.04. The number of Topliss-reactive ketones (excluding diaryl/α,β-unsaturated/α-hetero) is 1. The van der Waals surface area contributed by atoms with Gasteiger partial charge in [-0.1, -0.05) is 25.2 Å². The summed E-state index contributed by atoms with van der Waals surface area (Å²) in [6, 6.07) is 3.51. The van der Waals surface area contributed by atoms with Gasteiger partial charge < -0.3 is 4.42 Å². The summed E-state index contributed by atoms with van der Waals surface area (Å²) < 4.78 is 5.11. The molecule has 0 aromatic carbocycles. The van der Waals surface area contributed by atoms with E-state index in [1.807, 2.05) is 0 Å². The monoisotopic (exact) mass is 316 g/mol. The van der Waals surface area contributed by atoms with Crippen molar-refractivity contribution in [3.63, 3.8) is 0 Å². The Balaban J connectivity index is 1.72. The molecule has 0 bridgehead atoms. The molecular weight excluding hydrogens is 300 g/mol. The molecule has 1 aliphatic carbocycles. The third-order valence-corrected chi connectivity index (χ3v) is 4.46. The number of rotatable bonds is 3. The molecule has 2 aromatic rings. The first-order chi connectivity index (χ1) is 10.4. The van der Waals surface area contributed by atoms with Crippen LogP contribution < -0.4 is 5.32 Å². The summed E-state index contributed by atoms with van der Waals surface area (Å²) in [7, 11) is 0. The molecule has 2 heterocycles. The fraction of sp³-hybridized carbons (Fsp3) is 0.312. The molecule has 0 spiro atoms. The van der Waals surface area contributed by atoms with Gasteiger partial charge in [0.05, 0.1) is 16.8 Å². The Kier molecular flexibility index (Phi) is 3.70. The van der Waals surface area contributed by atoms with Crippen LogP contribution in [-0.4, -0.2) is 16.7 Å². The van der Waals surface area contributed by atoms with Gasteiger partial charge in [0.15, 0.2) is 10.9 Å². The highest BCUT2D eigenvalue weighted by molar-refractivity contribution is 7.17. The number of nitrogens with one attached hydrogen (secondary N) is 1. The molecule has 5 nitrogen and oxygen atoms in total.